The maximum Gasteiger partial charge on any atom is 0.328 e. The van der Waals surface area contributed by atoms with Crippen molar-refractivity contribution < 1.29 is 9.53 Å². The molecule has 0 fully saturated rings. The van der Waals surface area contributed by atoms with E-state index in [-0.39, 0.29) is 18.0 Å². The second-order valence-corrected chi connectivity index (χ2v) is 3.00. The first-order valence-electron chi connectivity index (χ1n) is 4.69. The van der Waals surface area contributed by atoms with Gasteiger partial charge in [-0.1, -0.05) is 0 Å². The summed E-state index contributed by atoms with van der Waals surface area (Å²) in [6.45, 7) is 3.55. The number of hydrogen-bond donors (Lipinski definition) is 0. The smallest absolute Gasteiger partial charge is 0.328 e. The van der Waals surface area contributed by atoms with E-state index in [0.29, 0.717) is 0 Å². The van der Waals surface area contributed by atoms with E-state index in [1.165, 1.54) is 10.9 Å². The Kier molecular flexibility index (Phi) is 3.62. The van der Waals surface area contributed by atoms with E-state index in [2.05, 4.69) is 4.98 Å². The van der Waals surface area contributed by atoms with E-state index < -0.39 is 12.0 Å². The molecule has 16 heavy (non-hydrogen) atoms. The molecule has 1 heterocycles. The van der Waals surface area contributed by atoms with Crippen molar-refractivity contribution in [1.29, 1.82) is 10.5 Å². The van der Waals surface area contributed by atoms with Gasteiger partial charge in [0, 0.05) is 0 Å². The molecule has 1 atom stereocenters. The SMILES string of the molecule is CCOC(=O)C(C)n1cnc(C#N)c1C#N. The Labute approximate surface area is 92.7 Å². The van der Waals surface area contributed by atoms with Gasteiger partial charge in [0.1, 0.15) is 18.2 Å². The maximum atomic E-state index is 11.4. The minimum Gasteiger partial charge on any atom is -0.464 e. The number of aromatic nitrogens is 2. The van der Waals surface area contributed by atoms with Gasteiger partial charge in [-0.25, -0.2) is 9.78 Å². The molecule has 0 bridgehead atoms. The molecule has 1 rings (SSSR count). The molecule has 0 aliphatic carbocycles. The number of nitrogens with zero attached hydrogens (tertiary/aromatic N) is 4. The van der Waals surface area contributed by atoms with Crippen LogP contribution in [0.5, 0.6) is 0 Å². The van der Waals surface area contributed by atoms with Crippen molar-refractivity contribution >= 4 is 5.97 Å². The van der Waals surface area contributed by atoms with Crippen molar-refractivity contribution in [3.63, 3.8) is 0 Å². The van der Waals surface area contributed by atoms with Crippen LogP contribution in [0.25, 0.3) is 0 Å². The Hall–Kier alpha value is -2.34. The molecule has 1 unspecified atom stereocenters. The second-order valence-electron chi connectivity index (χ2n) is 3.00. The maximum absolute atomic E-state index is 11.4. The fraction of sp³-hybridized carbons (Fsp3) is 0.400. The minimum absolute atomic E-state index is 0.0126. The summed E-state index contributed by atoms with van der Waals surface area (Å²) in [5, 5.41) is 17.6. The van der Waals surface area contributed by atoms with Gasteiger partial charge < -0.3 is 9.30 Å². The van der Waals surface area contributed by atoms with Gasteiger partial charge in [0.15, 0.2) is 11.4 Å². The third-order valence-corrected chi connectivity index (χ3v) is 2.05. The molecule has 0 radical (unpaired) electrons. The summed E-state index contributed by atoms with van der Waals surface area (Å²) in [7, 11) is 0. The van der Waals surface area contributed by atoms with Crippen molar-refractivity contribution in [3.8, 4) is 12.1 Å². The first-order chi connectivity index (χ1) is 7.65. The van der Waals surface area contributed by atoms with E-state index in [1.807, 2.05) is 6.07 Å². The van der Waals surface area contributed by atoms with Crippen LogP contribution in [0, 0.1) is 22.7 Å². The second kappa shape index (κ2) is 4.94. The Bertz CT molecular complexity index is 478. The number of hydrogen-bond acceptors (Lipinski definition) is 5. The average molecular weight is 218 g/mol. The van der Waals surface area contributed by atoms with Crippen molar-refractivity contribution in [2.75, 3.05) is 6.61 Å². The number of ether oxygens (including phenoxy) is 1. The molecule has 0 spiro atoms. The normalized spacial score (nSPS) is 11.2. The first-order valence-corrected chi connectivity index (χ1v) is 4.69. The van der Waals surface area contributed by atoms with Crippen molar-refractivity contribution in [2.24, 2.45) is 0 Å². The van der Waals surface area contributed by atoms with Crippen LogP contribution in [0.2, 0.25) is 0 Å². The third kappa shape index (κ3) is 2.01. The predicted molar refractivity (Wildman–Crippen MR) is 53.0 cm³/mol. The fourth-order valence-corrected chi connectivity index (χ4v) is 1.22. The number of esters is 1. The van der Waals surface area contributed by atoms with Gasteiger partial charge in [-0.3, -0.25) is 0 Å². The zero-order valence-electron chi connectivity index (χ0n) is 8.97. The lowest BCUT2D eigenvalue weighted by Crippen LogP contribution is -2.19. The van der Waals surface area contributed by atoms with Crippen LogP contribution in [-0.2, 0) is 9.53 Å². The molecule has 0 saturated carbocycles. The van der Waals surface area contributed by atoms with E-state index in [1.54, 1.807) is 19.9 Å². The summed E-state index contributed by atoms with van der Waals surface area (Å²) in [5.41, 5.74) is 0.0849. The number of carbonyl (C=O) groups is 1. The van der Waals surface area contributed by atoms with Crippen molar-refractivity contribution in [2.45, 2.75) is 19.9 Å². The van der Waals surface area contributed by atoms with E-state index >= 15 is 0 Å². The highest BCUT2D eigenvalue weighted by atomic mass is 16.5. The largest absolute Gasteiger partial charge is 0.464 e. The van der Waals surface area contributed by atoms with Crippen LogP contribution < -0.4 is 0 Å². The van der Waals surface area contributed by atoms with Crippen LogP contribution in [0.1, 0.15) is 31.3 Å². The highest BCUT2D eigenvalue weighted by Crippen LogP contribution is 2.14. The molecule has 1 aromatic heterocycles. The molecule has 1 aromatic rings. The zero-order valence-corrected chi connectivity index (χ0v) is 8.97. The molecule has 0 N–H and O–H groups in total. The van der Waals surface area contributed by atoms with Crippen LogP contribution in [0.4, 0.5) is 0 Å². The van der Waals surface area contributed by atoms with Crippen LogP contribution in [0.15, 0.2) is 6.33 Å². The number of rotatable bonds is 3. The Morgan fingerprint density at radius 2 is 2.31 bits per heavy atom. The van der Waals surface area contributed by atoms with Gasteiger partial charge in [0.2, 0.25) is 0 Å². The summed E-state index contributed by atoms with van der Waals surface area (Å²) in [4.78, 5) is 15.2. The van der Waals surface area contributed by atoms with Gasteiger partial charge in [0.05, 0.1) is 12.9 Å². The summed E-state index contributed by atoms with van der Waals surface area (Å²) in [6.07, 6.45) is 1.29. The van der Waals surface area contributed by atoms with Crippen molar-refractivity contribution in [1.82, 2.24) is 9.55 Å². The molecule has 6 nitrogen and oxygen atoms in total. The summed E-state index contributed by atoms with van der Waals surface area (Å²) >= 11 is 0. The number of carbonyl (C=O) groups excluding carboxylic acids is 1. The third-order valence-electron chi connectivity index (χ3n) is 2.05. The Morgan fingerprint density at radius 1 is 1.62 bits per heavy atom. The van der Waals surface area contributed by atoms with Gasteiger partial charge in [-0.05, 0) is 13.8 Å². The molecular weight excluding hydrogens is 208 g/mol. The topological polar surface area (TPSA) is 91.7 Å². The average Bonchev–Trinajstić information content (AvgIpc) is 2.70. The van der Waals surface area contributed by atoms with Crippen molar-refractivity contribution in [3.05, 3.63) is 17.7 Å². The highest BCUT2D eigenvalue weighted by Gasteiger charge is 2.21. The molecule has 0 saturated heterocycles. The summed E-state index contributed by atoms with van der Waals surface area (Å²) < 4.78 is 6.15. The molecule has 0 aliphatic rings. The van der Waals surface area contributed by atoms with Gasteiger partial charge in [0.25, 0.3) is 0 Å². The molecule has 82 valence electrons. The Balaban J connectivity index is 3.06. The highest BCUT2D eigenvalue weighted by molar-refractivity contribution is 5.74. The van der Waals surface area contributed by atoms with Crippen LogP contribution in [-0.4, -0.2) is 22.1 Å². The summed E-state index contributed by atoms with van der Waals surface area (Å²) in [5.74, 6) is -0.458. The van der Waals surface area contributed by atoms with Gasteiger partial charge in [-0.2, -0.15) is 10.5 Å². The van der Waals surface area contributed by atoms with Gasteiger partial charge in [-0.15, -0.1) is 0 Å². The zero-order chi connectivity index (χ0) is 12.1. The summed E-state index contributed by atoms with van der Waals surface area (Å²) in [6, 6.07) is 2.97. The lowest BCUT2D eigenvalue weighted by atomic mass is 10.3. The lowest BCUT2D eigenvalue weighted by molar-refractivity contribution is -0.146. The van der Waals surface area contributed by atoms with E-state index in [4.69, 9.17) is 15.3 Å². The molecular formula is C10H10N4O2. The van der Waals surface area contributed by atoms with E-state index in [0.717, 1.165) is 0 Å². The lowest BCUT2D eigenvalue weighted by Gasteiger charge is -2.12. The molecule has 0 aliphatic heterocycles. The standard InChI is InChI=1S/C10H10N4O2/c1-3-16-10(15)7(2)14-6-13-8(4-11)9(14)5-12/h6-7H,3H2,1-2H3. The van der Waals surface area contributed by atoms with Crippen LogP contribution in [0.3, 0.4) is 0 Å². The number of imidazole rings is 1. The minimum atomic E-state index is -0.663. The van der Waals surface area contributed by atoms with Gasteiger partial charge >= 0.3 is 5.97 Å². The number of nitriles is 2. The first kappa shape index (κ1) is 11.7. The Morgan fingerprint density at radius 3 is 2.81 bits per heavy atom. The molecule has 6 heteroatoms. The molecule has 0 amide bonds. The fourth-order valence-electron chi connectivity index (χ4n) is 1.22. The quantitative estimate of drug-likeness (QED) is 0.698. The predicted octanol–water partition coefficient (Wildman–Crippen LogP) is 0.751. The monoisotopic (exact) mass is 218 g/mol. The molecule has 0 aromatic carbocycles. The van der Waals surface area contributed by atoms with Crippen LogP contribution >= 0.6 is 0 Å². The van der Waals surface area contributed by atoms with E-state index in [9.17, 15) is 4.79 Å².